The van der Waals surface area contributed by atoms with Crippen molar-refractivity contribution < 1.29 is 9.47 Å². The minimum Gasteiger partial charge on any atom is -0.496 e. The Hall–Kier alpha value is -2.28. The van der Waals surface area contributed by atoms with Gasteiger partial charge in [0.05, 0.1) is 24.7 Å². The number of hydrogen-bond acceptors (Lipinski definition) is 6. The van der Waals surface area contributed by atoms with Gasteiger partial charge in [-0.05, 0) is 18.2 Å². The van der Waals surface area contributed by atoms with Crippen molar-refractivity contribution in [2.24, 2.45) is 4.99 Å². The van der Waals surface area contributed by atoms with Crippen LogP contribution in [0.2, 0.25) is 0 Å². The first-order valence-electron chi connectivity index (χ1n) is 11.0. The van der Waals surface area contributed by atoms with Crippen molar-refractivity contribution in [3.05, 3.63) is 66.4 Å². The van der Waals surface area contributed by atoms with E-state index in [2.05, 4.69) is 64.9 Å². The molecule has 0 atom stereocenters. The van der Waals surface area contributed by atoms with Crippen LogP contribution in [0.15, 0.2) is 75.7 Å². The molecule has 0 amide bonds. The van der Waals surface area contributed by atoms with Crippen molar-refractivity contribution in [2.45, 2.75) is 23.1 Å². The van der Waals surface area contributed by atoms with Crippen LogP contribution in [0.4, 0.5) is 5.69 Å². The van der Waals surface area contributed by atoms with Crippen LogP contribution in [0.5, 0.6) is 0 Å². The third kappa shape index (κ3) is 5.70. The van der Waals surface area contributed by atoms with Crippen molar-refractivity contribution in [2.75, 3.05) is 52.5 Å². The Balaban J connectivity index is 1.32. The van der Waals surface area contributed by atoms with Gasteiger partial charge in [-0.15, -0.1) is 0 Å². The van der Waals surface area contributed by atoms with E-state index in [1.165, 1.54) is 15.4 Å². The first-order valence-corrected chi connectivity index (χ1v) is 11.9. The van der Waals surface area contributed by atoms with Crippen molar-refractivity contribution in [1.82, 2.24) is 9.80 Å². The van der Waals surface area contributed by atoms with Gasteiger partial charge in [0, 0.05) is 54.5 Å². The molecule has 0 N–H and O–H groups in total. The van der Waals surface area contributed by atoms with E-state index >= 15 is 0 Å². The fraction of sp³-hybridized carbons (Fsp3) is 0.400. The Labute approximate surface area is 189 Å². The number of piperazine rings is 1. The quantitative estimate of drug-likeness (QED) is 0.438. The third-order valence-electron chi connectivity index (χ3n) is 5.59. The minimum atomic E-state index is 0.583. The second-order valence-corrected chi connectivity index (χ2v) is 8.77. The normalized spacial score (nSPS) is 16.2. The number of amidine groups is 1. The number of rotatable bonds is 8. The molecule has 1 fully saturated rings. The van der Waals surface area contributed by atoms with E-state index in [1.54, 1.807) is 0 Å². The molecule has 0 radical (unpaired) electrons. The van der Waals surface area contributed by atoms with Gasteiger partial charge < -0.3 is 14.4 Å². The smallest absolute Gasteiger partial charge is 0.137 e. The molecule has 0 saturated carbocycles. The molecule has 0 spiro atoms. The lowest BCUT2D eigenvalue weighted by molar-refractivity contribution is 0.0539. The van der Waals surface area contributed by atoms with Crippen LogP contribution in [0.1, 0.15) is 18.9 Å². The lowest BCUT2D eigenvalue weighted by Crippen LogP contribution is -2.49. The van der Waals surface area contributed by atoms with E-state index in [0.29, 0.717) is 13.2 Å². The number of para-hydroxylation sites is 1. The molecule has 164 valence electrons. The first-order chi connectivity index (χ1) is 15.2. The fourth-order valence-electron chi connectivity index (χ4n) is 3.74. The Morgan fingerprint density at radius 2 is 1.71 bits per heavy atom. The summed E-state index contributed by atoms with van der Waals surface area (Å²) in [6.45, 7) is 12.7. The lowest BCUT2D eigenvalue weighted by Gasteiger charge is -2.36. The van der Waals surface area contributed by atoms with E-state index in [4.69, 9.17) is 14.5 Å². The molecule has 2 aliphatic rings. The van der Waals surface area contributed by atoms with E-state index in [-0.39, 0.29) is 0 Å². The zero-order valence-electron chi connectivity index (χ0n) is 18.3. The van der Waals surface area contributed by atoms with E-state index < -0.39 is 0 Å². The predicted octanol–water partition coefficient (Wildman–Crippen LogP) is 4.80. The maximum atomic E-state index is 5.73. The second kappa shape index (κ2) is 10.8. The summed E-state index contributed by atoms with van der Waals surface area (Å²) >= 11 is 1.81. The molecule has 2 aliphatic heterocycles. The van der Waals surface area contributed by atoms with Crippen molar-refractivity contribution in [3.8, 4) is 0 Å². The standard InChI is InChI=1S/C25H31N3O2S/c1-3-20(2)30-19-18-29-17-16-27-12-14-28(15-13-27)25-21-8-4-6-10-23(21)31-24-11-7-5-9-22(24)26-25/h4-11H,2-3,12-19H2,1H3. The topological polar surface area (TPSA) is 37.3 Å². The Morgan fingerprint density at radius 1 is 0.968 bits per heavy atom. The number of aliphatic imine (C=N–C) groups is 1. The summed E-state index contributed by atoms with van der Waals surface area (Å²) in [5.74, 6) is 1.92. The second-order valence-electron chi connectivity index (χ2n) is 7.68. The van der Waals surface area contributed by atoms with Crippen LogP contribution < -0.4 is 0 Å². The molecule has 0 unspecified atom stereocenters. The van der Waals surface area contributed by atoms with Crippen molar-refractivity contribution in [1.29, 1.82) is 0 Å². The summed E-state index contributed by atoms with van der Waals surface area (Å²) in [5.41, 5.74) is 2.29. The largest absolute Gasteiger partial charge is 0.496 e. The van der Waals surface area contributed by atoms with Crippen LogP contribution in [-0.4, -0.2) is 68.2 Å². The SMILES string of the molecule is C=C(CC)OCCOCCN1CCN(C2=Nc3ccccc3Sc3ccccc32)CC1. The molecule has 2 aromatic rings. The highest BCUT2D eigenvalue weighted by atomic mass is 32.2. The van der Waals surface area contributed by atoms with Gasteiger partial charge in [-0.25, -0.2) is 4.99 Å². The van der Waals surface area contributed by atoms with Gasteiger partial charge in [-0.1, -0.05) is 55.6 Å². The number of allylic oxidation sites excluding steroid dienone is 1. The van der Waals surface area contributed by atoms with Gasteiger partial charge in [-0.2, -0.15) is 0 Å². The maximum absolute atomic E-state index is 5.73. The van der Waals surface area contributed by atoms with Gasteiger partial charge in [0.25, 0.3) is 0 Å². The molecule has 31 heavy (non-hydrogen) atoms. The molecule has 0 aromatic heterocycles. The molecule has 4 rings (SSSR count). The highest BCUT2D eigenvalue weighted by molar-refractivity contribution is 7.99. The van der Waals surface area contributed by atoms with Crippen LogP contribution in [0.3, 0.4) is 0 Å². The Bertz CT molecular complexity index is 922. The van der Waals surface area contributed by atoms with Crippen molar-refractivity contribution >= 4 is 23.3 Å². The Kier molecular flexibility index (Phi) is 7.67. The molecule has 2 aromatic carbocycles. The summed E-state index contributed by atoms with van der Waals surface area (Å²) < 4.78 is 11.2. The Morgan fingerprint density at radius 3 is 2.52 bits per heavy atom. The molecular weight excluding hydrogens is 406 g/mol. The number of hydrogen-bond donors (Lipinski definition) is 0. The highest BCUT2D eigenvalue weighted by Gasteiger charge is 2.25. The molecule has 0 bridgehead atoms. The summed E-state index contributed by atoms with van der Waals surface area (Å²) in [7, 11) is 0. The first kappa shape index (κ1) is 21.9. The summed E-state index contributed by atoms with van der Waals surface area (Å²) in [5, 5.41) is 0. The summed E-state index contributed by atoms with van der Waals surface area (Å²) in [6.07, 6.45) is 0.852. The zero-order chi connectivity index (χ0) is 21.5. The van der Waals surface area contributed by atoms with E-state index in [0.717, 1.165) is 63.0 Å². The van der Waals surface area contributed by atoms with Crippen LogP contribution in [0, 0.1) is 0 Å². The maximum Gasteiger partial charge on any atom is 0.137 e. The third-order valence-corrected chi connectivity index (χ3v) is 6.73. The highest BCUT2D eigenvalue weighted by Crippen LogP contribution is 2.40. The minimum absolute atomic E-state index is 0.583. The van der Waals surface area contributed by atoms with Gasteiger partial charge in [0.1, 0.15) is 12.4 Å². The zero-order valence-corrected chi connectivity index (χ0v) is 19.1. The number of nitrogens with zero attached hydrogens (tertiary/aromatic N) is 3. The van der Waals surface area contributed by atoms with Crippen LogP contribution in [-0.2, 0) is 9.47 Å². The predicted molar refractivity (Wildman–Crippen MR) is 127 cm³/mol. The summed E-state index contributed by atoms with van der Waals surface area (Å²) in [4.78, 5) is 12.5. The monoisotopic (exact) mass is 437 g/mol. The molecule has 1 saturated heterocycles. The fourth-order valence-corrected chi connectivity index (χ4v) is 4.75. The number of fused-ring (bicyclic) bond motifs is 2. The molecule has 0 aliphatic carbocycles. The lowest BCUT2D eigenvalue weighted by atomic mass is 10.1. The van der Waals surface area contributed by atoms with E-state index in [1.807, 2.05) is 18.7 Å². The van der Waals surface area contributed by atoms with Crippen molar-refractivity contribution in [3.63, 3.8) is 0 Å². The van der Waals surface area contributed by atoms with Gasteiger partial charge in [0.15, 0.2) is 0 Å². The van der Waals surface area contributed by atoms with Gasteiger partial charge >= 0.3 is 0 Å². The molecule has 5 nitrogen and oxygen atoms in total. The average molecular weight is 438 g/mol. The molecular formula is C25H31N3O2S. The molecule has 2 heterocycles. The van der Waals surface area contributed by atoms with E-state index in [9.17, 15) is 0 Å². The molecule has 6 heteroatoms. The average Bonchev–Trinajstić information content (AvgIpc) is 2.98. The van der Waals surface area contributed by atoms with Gasteiger partial charge in [0.2, 0.25) is 0 Å². The number of benzene rings is 2. The van der Waals surface area contributed by atoms with Crippen LogP contribution in [0.25, 0.3) is 0 Å². The number of ether oxygens (including phenoxy) is 2. The van der Waals surface area contributed by atoms with Crippen LogP contribution >= 0.6 is 11.8 Å². The van der Waals surface area contributed by atoms with Gasteiger partial charge in [-0.3, -0.25) is 4.90 Å². The summed E-state index contributed by atoms with van der Waals surface area (Å²) in [6, 6.07) is 17.0.